The summed E-state index contributed by atoms with van der Waals surface area (Å²) in [4.78, 5) is 4.96. The van der Waals surface area contributed by atoms with Crippen molar-refractivity contribution in [3.8, 4) is 56.6 Å². The third-order valence-corrected chi connectivity index (χ3v) is 14.0. The summed E-state index contributed by atoms with van der Waals surface area (Å²) < 4.78 is 122. The summed E-state index contributed by atoms with van der Waals surface area (Å²) in [6.45, 7) is 3.83. The Labute approximate surface area is 478 Å². The molecule has 10 aromatic carbocycles. The van der Waals surface area contributed by atoms with Crippen molar-refractivity contribution in [1.29, 1.82) is 0 Å². The molecule has 0 aliphatic heterocycles. The van der Waals surface area contributed by atoms with Crippen molar-refractivity contribution in [2.75, 3.05) is 0 Å². The Morgan fingerprint density at radius 3 is 1.83 bits per heavy atom. The van der Waals surface area contributed by atoms with Crippen molar-refractivity contribution in [2.24, 2.45) is 0 Å². The Morgan fingerprint density at radius 2 is 1.16 bits per heavy atom. The van der Waals surface area contributed by atoms with E-state index in [9.17, 15) is 2.74 Å². The van der Waals surface area contributed by atoms with Gasteiger partial charge in [-0.25, -0.2) is 4.98 Å². The smallest absolute Gasteiger partial charge is 0.268 e. The van der Waals surface area contributed by atoms with E-state index in [1.54, 1.807) is 63.9 Å². The Balaban J connectivity index is 0.00000729. The maximum atomic E-state index is 9.75. The minimum Gasteiger partial charge on any atom is -0.510 e. The Hall–Kier alpha value is -9.09. The molecule has 4 heterocycles. The Morgan fingerprint density at radius 1 is 0.571 bits per heavy atom. The van der Waals surface area contributed by atoms with Crippen LogP contribution in [0.3, 0.4) is 0 Å². The van der Waals surface area contributed by atoms with E-state index in [2.05, 4.69) is 53.4 Å². The van der Waals surface area contributed by atoms with Crippen LogP contribution < -0.4 is 9.30 Å². The molecule has 0 atom stereocenters. The molecule has 0 aliphatic rings. The molecule has 0 saturated carbocycles. The predicted molar refractivity (Wildman–Crippen MR) is 308 cm³/mol. The van der Waals surface area contributed by atoms with Gasteiger partial charge in [0.15, 0.2) is 0 Å². The number of hydrogen-bond donors (Lipinski definition) is 0. The molecule has 77 heavy (non-hydrogen) atoms. The monoisotopic (exact) mass is 1180 g/mol. The van der Waals surface area contributed by atoms with Gasteiger partial charge in [0.1, 0.15) is 5.82 Å². The number of fused-ring (bicyclic) bond motifs is 7. The first kappa shape index (κ1) is 36.0. The van der Waals surface area contributed by atoms with Gasteiger partial charge in [-0.2, -0.15) is 12.1 Å². The standard InChI is InChI=1S/C70H49N5O.Pt/c1-70(2,51-26-10-5-11-27-51)46-48-40-41-71-67(42-48)75-62-37-17-14-32-59(62)68-65(74-60-35-15-12-30-57(60)58-31-13-16-36-61(58)74)44-54(45-66(68)75)76-53-29-20-28-52(43-53)72-47-73(64-39-19-18-38-63(64)72)69-55(49-22-6-3-7-23-49)33-21-34-56(69)50-24-8-4-9-25-50;/h3-42,44H,46H2,1-2H3;/q-2;/i3D,4D,6D,7D,8D,9D,22D,23D,24D,25D,46D2;. The van der Waals surface area contributed by atoms with Crippen LogP contribution in [0.4, 0.5) is 0 Å². The van der Waals surface area contributed by atoms with Gasteiger partial charge in [0.2, 0.25) is 0 Å². The normalized spacial score (nSPS) is 14.1. The molecule has 0 fully saturated rings. The van der Waals surface area contributed by atoms with Gasteiger partial charge in [0.25, 0.3) is 6.33 Å². The molecule has 372 valence electrons. The molecule has 0 radical (unpaired) electrons. The van der Waals surface area contributed by atoms with Crippen molar-refractivity contribution >= 4 is 54.6 Å². The number of rotatable bonds is 11. The quantitative estimate of drug-likeness (QED) is 0.0956. The molecule has 0 saturated heterocycles. The summed E-state index contributed by atoms with van der Waals surface area (Å²) >= 11 is 0. The first-order chi connectivity index (χ1) is 42.4. The second-order valence-electron chi connectivity index (χ2n) is 18.9. The minimum absolute atomic E-state index is 0. The van der Waals surface area contributed by atoms with E-state index in [4.69, 9.17) is 23.4 Å². The third-order valence-electron chi connectivity index (χ3n) is 14.0. The van der Waals surface area contributed by atoms with Gasteiger partial charge in [-0.05, 0) is 92.3 Å². The number of ether oxygens (including phenoxy) is 1. The molecular weight excluding hydrogens is 1120 g/mol. The van der Waals surface area contributed by atoms with E-state index in [1.807, 2.05) is 122 Å². The first-order valence-corrected chi connectivity index (χ1v) is 24.8. The summed E-state index contributed by atoms with van der Waals surface area (Å²) in [5.74, 6) is 1.06. The number of imidazole rings is 1. The van der Waals surface area contributed by atoms with Crippen LogP contribution in [-0.4, -0.2) is 18.7 Å². The van der Waals surface area contributed by atoms with E-state index in [0.29, 0.717) is 39.4 Å². The van der Waals surface area contributed by atoms with Crippen molar-refractivity contribution in [1.82, 2.24) is 18.7 Å². The number of hydrogen-bond acceptors (Lipinski definition) is 2. The third kappa shape index (κ3) is 8.33. The van der Waals surface area contributed by atoms with E-state index < -0.39 is 72.2 Å². The maximum absolute atomic E-state index is 9.75. The maximum Gasteiger partial charge on any atom is 0.268 e. The molecule has 0 spiro atoms. The Kier molecular flexibility index (Phi) is 9.14. The van der Waals surface area contributed by atoms with Gasteiger partial charge in [-0.1, -0.05) is 213 Å². The van der Waals surface area contributed by atoms with Crippen molar-refractivity contribution in [2.45, 2.75) is 25.6 Å². The van der Waals surface area contributed by atoms with Crippen LogP contribution in [0.15, 0.2) is 249 Å². The molecular formula is C70H49N5OPt-2. The number of nitrogens with zero attached hydrogens (tertiary/aromatic N) is 5. The van der Waals surface area contributed by atoms with E-state index >= 15 is 0 Å². The van der Waals surface area contributed by atoms with Crippen molar-refractivity contribution in [3.63, 3.8) is 0 Å². The number of pyridine rings is 1. The second kappa shape index (κ2) is 19.6. The largest absolute Gasteiger partial charge is 0.510 e. The molecule has 0 bridgehead atoms. The molecule has 0 N–H and O–H groups in total. The number of benzene rings is 10. The van der Waals surface area contributed by atoms with Crippen molar-refractivity contribution in [3.05, 3.63) is 278 Å². The molecule has 0 amide bonds. The van der Waals surface area contributed by atoms with Crippen LogP contribution in [0.2, 0.25) is 0 Å². The van der Waals surface area contributed by atoms with E-state index in [-0.39, 0.29) is 54.8 Å². The van der Waals surface area contributed by atoms with Gasteiger partial charge in [-0.3, -0.25) is 4.57 Å². The summed E-state index contributed by atoms with van der Waals surface area (Å²) in [5, 5.41) is 3.84. The van der Waals surface area contributed by atoms with Crippen LogP contribution in [0, 0.1) is 18.5 Å². The molecule has 6 nitrogen and oxygen atoms in total. The number of para-hydroxylation sites is 6. The fourth-order valence-corrected chi connectivity index (χ4v) is 10.6. The summed E-state index contributed by atoms with van der Waals surface area (Å²) in [7, 11) is 0. The topological polar surface area (TPSA) is 40.8 Å². The van der Waals surface area contributed by atoms with E-state index in [0.717, 1.165) is 49.3 Å². The summed E-state index contributed by atoms with van der Waals surface area (Å²) in [6.07, 6.45) is 3.23. The molecule has 0 unspecified atom stereocenters. The summed E-state index contributed by atoms with van der Waals surface area (Å²) in [5.41, 5.74) is 5.97. The first-order valence-electron chi connectivity index (χ1n) is 30.8. The average molecular weight is 1180 g/mol. The van der Waals surface area contributed by atoms with Gasteiger partial charge < -0.3 is 18.4 Å². The molecule has 14 rings (SSSR count). The van der Waals surface area contributed by atoms with Crippen LogP contribution in [-0.2, 0) is 32.9 Å². The SMILES string of the molecule is [2H]c1c([2H])c([2H])c(-c2cccc(-c3c([2H])c([2H])c([2H])c([2H])c3[2H])c2-[n+]2[c-]n(-c3[c-]c(Oc4[c-]c5c(c(-n6c7ccccc7c7ccccc76)c4)c4ccccc4n5-c4cc(C([2H])([2H])C(C)(C)c5ccccc5)ccn4)ccc3)c3ccccc32)c([2H])c1[2H].[Pt]. The van der Waals surface area contributed by atoms with Crippen molar-refractivity contribution < 1.29 is 46.8 Å². The summed E-state index contributed by atoms with van der Waals surface area (Å²) in [6, 6.07) is 58.7. The zero-order valence-corrected chi connectivity index (χ0v) is 43.6. The van der Waals surface area contributed by atoms with Crippen LogP contribution in [0.5, 0.6) is 11.5 Å². The fraction of sp³-hybridized carbons (Fsp3) is 0.0571. The molecule has 7 heteroatoms. The predicted octanol–water partition coefficient (Wildman–Crippen LogP) is 16.5. The van der Waals surface area contributed by atoms with Gasteiger partial charge in [-0.15, -0.1) is 24.3 Å². The van der Waals surface area contributed by atoms with Crippen LogP contribution in [0.25, 0.3) is 99.8 Å². The average Bonchev–Trinajstić information content (AvgIpc) is 2.01. The molecule has 14 aromatic rings. The zero-order chi connectivity index (χ0) is 61.2. The number of aromatic nitrogens is 5. The van der Waals surface area contributed by atoms with Crippen LogP contribution >= 0.6 is 0 Å². The molecule has 0 aliphatic carbocycles. The van der Waals surface area contributed by atoms with Gasteiger partial charge in [0.05, 0.1) is 41.5 Å². The van der Waals surface area contributed by atoms with Gasteiger partial charge in [0, 0.05) is 57.8 Å². The van der Waals surface area contributed by atoms with Crippen LogP contribution in [0.1, 0.15) is 41.4 Å². The zero-order valence-electron chi connectivity index (χ0n) is 53.4. The van der Waals surface area contributed by atoms with Gasteiger partial charge >= 0.3 is 0 Å². The fourth-order valence-electron chi connectivity index (χ4n) is 10.6. The second-order valence-corrected chi connectivity index (χ2v) is 18.9. The molecule has 4 aromatic heterocycles. The Bertz CT molecular complexity index is 5040. The van der Waals surface area contributed by atoms with E-state index in [1.165, 1.54) is 0 Å². The minimum atomic E-state index is -1.86.